The number of hydrogen-bond acceptors (Lipinski definition) is 5. The van der Waals surface area contributed by atoms with E-state index in [9.17, 15) is 9.59 Å². The molecule has 5 N–H and O–H groups in total. The number of ether oxygens (including phenoxy) is 1. The van der Waals surface area contributed by atoms with Crippen molar-refractivity contribution in [3.05, 3.63) is 12.2 Å². The first-order chi connectivity index (χ1) is 7.56. The van der Waals surface area contributed by atoms with Crippen LogP contribution in [0, 0.1) is 0 Å². The molecule has 16 heavy (non-hydrogen) atoms. The van der Waals surface area contributed by atoms with E-state index < -0.39 is 18.2 Å². The second kappa shape index (κ2) is 8.87. The van der Waals surface area contributed by atoms with Crippen molar-refractivity contribution < 1.29 is 19.4 Å². The number of hydrogen-bond donors (Lipinski definition) is 3. The number of carboxylic acids is 1. The Balaban J connectivity index is 3.65. The standard InChI is InChI=1S/C10H18N2O4/c11-7-3-1-2-4-8(12)16-10(15)6-5-9(13)14/h5-6,8H,1-4,7,11-12H2,(H,13,14)/b6-5+. The van der Waals surface area contributed by atoms with Gasteiger partial charge in [-0.3, -0.25) is 5.73 Å². The van der Waals surface area contributed by atoms with Crippen LogP contribution in [0.1, 0.15) is 25.7 Å². The Hall–Kier alpha value is -1.40. The fraction of sp³-hybridized carbons (Fsp3) is 0.600. The lowest BCUT2D eigenvalue weighted by molar-refractivity contribution is -0.143. The molecule has 0 aromatic heterocycles. The Morgan fingerprint density at radius 2 is 1.94 bits per heavy atom. The number of carboxylic acid groups (broad SMARTS) is 1. The molecule has 0 rings (SSSR count). The number of unbranched alkanes of at least 4 members (excludes halogenated alkanes) is 2. The summed E-state index contributed by atoms with van der Waals surface area (Å²) in [5.41, 5.74) is 10.8. The summed E-state index contributed by atoms with van der Waals surface area (Å²) in [5, 5.41) is 8.26. The molecule has 0 fully saturated rings. The van der Waals surface area contributed by atoms with Gasteiger partial charge >= 0.3 is 11.9 Å². The molecule has 0 bridgehead atoms. The maximum atomic E-state index is 11.0. The van der Waals surface area contributed by atoms with Crippen molar-refractivity contribution >= 4 is 11.9 Å². The molecule has 0 saturated carbocycles. The number of esters is 1. The first-order valence-corrected chi connectivity index (χ1v) is 5.13. The molecular formula is C10H18N2O4. The third-order valence-electron chi connectivity index (χ3n) is 1.82. The van der Waals surface area contributed by atoms with Gasteiger partial charge in [0.15, 0.2) is 6.23 Å². The van der Waals surface area contributed by atoms with Gasteiger partial charge in [0.05, 0.1) is 0 Å². The van der Waals surface area contributed by atoms with E-state index in [1.165, 1.54) is 0 Å². The average molecular weight is 230 g/mol. The van der Waals surface area contributed by atoms with Gasteiger partial charge in [0.2, 0.25) is 0 Å². The average Bonchev–Trinajstić information content (AvgIpc) is 2.21. The minimum Gasteiger partial charge on any atom is -0.478 e. The lowest BCUT2D eigenvalue weighted by atomic mass is 10.2. The van der Waals surface area contributed by atoms with Gasteiger partial charge in [-0.05, 0) is 25.8 Å². The van der Waals surface area contributed by atoms with Crippen LogP contribution in [0.15, 0.2) is 12.2 Å². The van der Waals surface area contributed by atoms with Crippen LogP contribution in [-0.2, 0) is 14.3 Å². The van der Waals surface area contributed by atoms with Gasteiger partial charge < -0.3 is 15.6 Å². The van der Waals surface area contributed by atoms with E-state index in [1.54, 1.807) is 0 Å². The molecule has 1 atom stereocenters. The summed E-state index contributed by atoms with van der Waals surface area (Å²) in [5.74, 6) is -1.94. The van der Waals surface area contributed by atoms with Crippen LogP contribution in [0.3, 0.4) is 0 Å². The molecule has 0 saturated heterocycles. The number of aliphatic carboxylic acids is 1. The smallest absolute Gasteiger partial charge is 0.332 e. The van der Waals surface area contributed by atoms with Crippen LogP contribution in [0.5, 0.6) is 0 Å². The largest absolute Gasteiger partial charge is 0.478 e. The predicted octanol–water partition coefficient (Wildman–Crippen LogP) is -0.0257. The Bertz CT molecular complexity index is 253. The third kappa shape index (κ3) is 9.17. The fourth-order valence-electron chi connectivity index (χ4n) is 1.05. The molecule has 6 nitrogen and oxygen atoms in total. The number of carbonyl (C=O) groups excluding carboxylic acids is 1. The van der Waals surface area contributed by atoms with Gasteiger partial charge in [0, 0.05) is 12.2 Å². The van der Waals surface area contributed by atoms with Gasteiger partial charge in [0.1, 0.15) is 0 Å². The van der Waals surface area contributed by atoms with Crippen LogP contribution < -0.4 is 11.5 Å². The van der Waals surface area contributed by atoms with Crippen LogP contribution in [0.25, 0.3) is 0 Å². The van der Waals surface area contributed by atoms with Gasteiger partial charge in [-0.1, -0.05) is 6.42 Å². The van der Waals surface area contributed by atoms with E-state index in [2.05, 4.69) is 0 Å². The molecule has 0 aliphatic rings. The molecule has 0 radical (unpaired) electrons. The molecule has 0 aromatic rings. The monoisotopic (exact) mass is 230 g/mol. The topological polar surface area (TPSA) is 116 Å². The summed E-state index contributed by atoms with van der Waals surface area (Å²) in [6.07, 6.45) is 4.09. The van der Waals surface area contributed by atoms with Crippen LogP contribution in [0.2, 0.25) is 0 Å². The molecule has 0 spiro atoms. The Kier molecular flexibility index (Phi) is 8.10. The second-order valence-electron chi connectivity index (χ2n) is 3.28. The van der Waals surface area contributed by atoms with Crippen molar-refractivity contribution in [3.8, 4) is 0 Å². The van der Waals surface area contributed by atoms with Gasteiger partial charge in [0.25, 0.3) is 0 Å². The minimum atomic E-state index is -1.20. The lowest BCUT2D eigenvalue weighted by Gasteiger charge is -2.10. The minimum absolute atomic E-state index is 0.548. The first-order valence-electron chi connectivity index (χ1n) is 5.13. The van der Waals surface area contributed by atoms with Crippen molar-refractivity contribution in [2.24, 2.45) is 11.5 Å². The molecule has 0 amide bonds. The van der Waals surface area contributed by atoms with E-state index in [1.807, 2.05) is 0 Å². The maximum Gasteiger partial charge on any atom is 0.332 e. The summed E-state index contributed by atoms with van der Waals surface area (Å²) in [4.78, 5) is 21.1. The van der Waals surface area contributed by atoms with Gasteiger partial charge in [-0.2, -0.15) is 0 Å². The predicted molar refractivity (Wildman–Crippen MR) is 58.4 cm³/mol. The number of rotatable bonds is 8. The highest BCUT2D eigenvalue weighted by atomic mass is 16.6. The highest BCUT2D eigenvalue weighted by molar-refractivity contribution is 5.90. The van der Waals surface area contributed by atoms with E-state index in [-0.39, 0.29) is 0 Å². The van der Waals surface area contributed by atoms with Gasteiger partial charge in [-0.15, -0.1) is 0 Å². The lowest BCUT2D eigenvalue weighted by Crippen LogP contribution is -2.26. The summed E-state index contributed by atoms with van der Waals surface area (Å²) >= 11 is 0. The zero-order valence-corrected chi connectivity index (χ0v) is 9.09. The molecule has 1 unspecified atom stereocenters. The molecule has 0 aliphatic carbocycles. The highest BCUT2D eigenvalue weighted by Gasteiger charge is 2.06. The number of carbonyl (C=O) groups is 2. The molecule has 0 aromatic carbocycles. The fourth-order valence-corrected chi connectivity index (χ4v) is 1.05. The summed E-state index contributed by atoms with van der Waals surface area (Å²) in [6.45, 7) is 0.635. The zero-order chi connectivity index (χ0) is 12.4. The molecule has 0 aliphatic heterocycles. The molecule has 6 heteroatoms. The third-order valence-corrected chi connectivity index (χ3v) is 1.82. The number of nitrogens with two attached hydrogens (primary N) is 2. The highest BCUT2D eigenvalue weighted by Crippen LogP contribution is 2.02. The Labute approximate surface area is 94.2 Å². The van der Waals surface area contributed by atoms with Crippen LogP contribution >= 0.6 is 0 Å². The van der Waals surface area contributed by atoms with Crippen molar-refractivity contribution in [1.29, 1.82) is 0 Å². The van der Waals surface area contributed by atoms with E-state index >= 15 is 0 Å². The maximum absolute atomic E-state index is 11.0. The quantitative estimate of drug-likeness (QED) is 0.233. The van der Waals surface area contributed by atoms with Gasteiger partial charge in [-0.25, -0.2) is 9.59 Å². The normalized spacial score (nSPS) is 12.6. The van der Waals surface area contributed by atoms with E-state index in [4.69, 9.17) is 21.3 Å². The Morgan fingerprint density at radius 3 is 2.50 bits per heavy atom. The summed E-state index contributed by atoms with van der Waals surface area (Å²) in [6, 6.07) is 0. The Morgan fingerprint density at radius 1 is 1.25 bits per heavy atom. The molecular weight excluding hydrogens is 212 g/mol. The summed E-state index contributed by atoms with van der Waals surface area (Å²) < 4.78 is 4.74. The van der Waals surface area contributed by atoms with E-state index in [0.29, 0.717) is 19.0 Å². The van der Waals surface area contributed by atoms with Crippen molar-refractivity contribution in [3.63, 3.8) is 0 Å². The zero-order valence-electron chi connectivity index (χ0n) is 9.09. The van der Waals surface area contributed by atoms with Crippen LogP contribution in [-0.4, -0.2) is 29.8 Å². The molecule has 92 valence electrons. The van der Waals surface area contributed by atoms with E-state index in [0.717, 1.165) is 25.3 Å². The SMILES string of the molecule is NCCCCCC(N)OC(=O)/C=C/C(=O)O. The first kappa shape index (κ1) is 14.6. The van der Waals surface area contributed by atoms with Crippen molar-refractivity contribution in [2.45, 2.75) is 31.9 Å². The second-order valence-corrected chi connectivity index (χ2v) is 3.28. The van der Waals surface area contributed by atoms with Crippen molar-refractivity contribution in [2.75, 3.05) is 6.54 Å². The van der Waals surface area contributed by atoms with Crippen molar-refractivity contribution in [1.82, 2.24) is 0 Å². The summed E-state index contributed by atoms with van der Waals surface area (Å²) in [7, 11) is 0. The van der Waals surface area contributed by atoms with Crippen LogP contribution in [0.4, 0.5) is 0 Å². The molecule has 0 heterocycles.